The second-order valence-electron chi connectivity index (χ2n) is 5.94. The van der Waals surface area contributed by atoms with Crippen LogP contribution in [0.2, 0.25) is 0 Å². The van der Waals surface area contributed by atoms with Crippen molar-refractivity contribution in [3.05, 3.63) is 0 Å². The summed E-state index contributed by atoms with van der Waals surface area (Å²) in [5.74, 6) is -2.63. The molecule has 0 aromatic carbocycles. The van der Waals surface area contributed by atoms with Crippen molar-refractivity contribution in [3.8, 4) is 0 Å². The fourth-order valence-corrected chi connectivity index (χ4v) is 3.39. The zero-order chi connectivity index (χ0) is 17.3. The van der Waals surface area contributed by atoms with Crippen LogP contribution in [0.1, 0.15) is 40.0 Å². The van der Waals surface area contributed by atoms with Crippen LogP contribution in [-0.2, 0) is 13.8 Å². The maximum absolute atomic E-state index is 14.8. The highest BCUT2D eigenvalue weighted by atomic mass is 31.2. The predicted octanol–water partition coefficient (Wildman–Crippen LogP) is 0.830. The molecule has 0 saturated carbocycles. The Morgan fingerprint density at radius 3 is 2.32 bits per heavy atom. The van der Waals surface area contributed by atoms with E-state index in [-0.39, 0.29) is 12.8 Å². The van der Waals surface area contributed by atoms with Crippen molar-refractivity contribution in [1.82, 2.24) is 0 Å². The molecule has 0 bridgehead atoms. The summed E-state index contributed by atoms with van der Waals surface area (Å²) < 4.78 is 50.2. The van der Waals surface area contributed by atoms with Crippen LogP contribution in [0.4, 0.5) is 8.78 Å². The topological polar surface area (TPSA) is 96.2 Å². The van der Waals surface area contributed by atoms with Gasteiger partial charge in [-0.05, 0) is 13.3 Å². The summed E-state index contributed by atoms with van der Waals surface area (Å²) in [4.78, 5) is 9.82. The second-order valence-corrected chi connectivity index (χ2v) is 8.12. The quantitative estimate of drug-likeness (QED) is 0.468. The molecule has 0 spiro atoms. The number of hydrogen-bond acceptors (Lipinski definition) is 5. The minimum atomic E-state index is -4.69. The first-order valence-corrected chi connectivity index (χ1v) is 8.89. The van der Waals surface area contributed by atoms with Gasteiger partial charge in [0.25, 0.3) is 0 Å². The maximum atomic E-state index is 14.8. The smallest absolute Gasteiger partial charge is 0.361 e. The molecule has 22 heavy (non-hydrogen) atoms. The van der Waals surface area contributed by atoms with Crippen molar-refractivity contribution < 1.29 is 37.7 Å². The summed E-state index contributed by atoms with van der Waals surface area (Å²) in [6.45, 7) is 3.90. The van der Waals surface area contributed by atoms with Crippen molar-refractivity contribution in [1.29, 1.82) is 0 Å². The third-order valence-corrected chi connectivity index (χ3v) is 6.25. The first kappa shape index (κ1) is 20.0. The van der Waals surface area contributed by atoms with Gasteiger partial charge in [0.1, 0.15) is 20.1 Å². The van der Waals surface area contributed by atoms with Gasteiger partial charge in [0.2, 0.25) is 5.85 Å². The van der Waals surface area contributed by atoms with Gasteiger partial charge in [-0.3, -0.25) is 9.09 Å². The molecule has 0 aliphatic carbocycles. The number of alkyl halides is 2. The molecule has 1 aliphatic heterocycles. The Kier molecular flexibility index (Phi) is 6.21. The van der Waals surface area contributed by atoms with Crippen molar-refractivity contribution >= 4 is 15.4 Å². The van der Waals surface area contributed by atoms with Gasteiger partial charge < -0.3 is 19.8 Å². The van der Waals surface area contributed by atoms with Gasteiger partial charge >= 0.3 is 7.60 Å². The largest absolute Gasteiger partial charge is 0.387 e. The van der Waals surface area contributed by atoms with E-state index in [1.54, 1.807) is 0 Å². The van der Waals surface area contributed by atoms with Gasteiger partial charge in [-0.25, -0.2) is 8.78 Å². The van der Waals surface area contributed by atoms with E-state index in [0.29, 0.717) is 0 Å². The molecule has 10 heteroatoms. The molecule has 1 rings (SSSR count). The molecule has 2 unspecified atom stereocenters. The molecule has 0 aromatic rings. The molecule has 1 heterocycles. The van der Waals surface area contributed by atoms with Crippen LogP contribution < -0.4 is 0 Å². The minimum Gasteiger partial charge on any atom is -0.387 e. The average molecular weight is 344 g/mol. The van der Waals surface area contributed by atoms with E-state index in [0.717, 1.165) is 6.92 Å². The van der Waals surface area contributed by atoms with Gasteiger partial charge in [-0.1, -0.05) is 13.8 Å². The molecule has 0 amide bonds. The van der Waals surface area contributed by atoms with Crippen LogP contribution in [0.15, 0.2) is 0 Å². The van der Waals surface area contributed by atoms with Gasteiger partial charge in [0, 0.05) is 12.8 Å². The van der Waals surface area contributed by atoms with E-state index >= 15 is 0 Å². The summed E-state index contributed by atoms with van der Waals surface area (Å²) in [6.07, 6.45) is -5.45. The molecule has 3 N–H and O–H groups in total. The lowest BCUT2D eigenvalue weighted by Crippen LogP contribution is -2.38. The molecule has 1 aliphatic rings. The number of halogens is 2. The molecule has 0 aromatic heterocycles. The Labute approximate surface area is 129 Å². The summed E-state index contributed by atoms with van der Waals surface area (Å²) in [5, 5.41) is 17.4. The highest BCUT2D eigenvalue weighted by molar-refractivity contribution is 7.54. The van der Waals surface area contributed by atoms with E-state index in [4.69, 9.17) is 9.26 Å². The fourth-order valence-electron chi connectivity index (χ4n) is 2.15. The highest BCUT2D eigenvalue weighted by Gasteiger charge is 2.51. The molecule has 7 atom stereocenters. The first-order chi connectivity index (χ1) is 9.89. The monoisotopic (exact) mass is 344 g/mol. The Balaban J connectivity index is 2.87. The van der Waals surface area contributed by atoms with Crippen LogP contribution in [0, 0.1) is 0 Å². The normalized spacial score (nSPS) is 37.3. The zero-order valence-electron chi connectivity index (χ0n) is 13.2. The van der Waals surface area contributed by atoms with Crippen molar-refractivity contribution in [2.24, 2.45) is 0 Å². The van der Waals surface area contributed by atoms with Crippen molar-refractivity contribution in [2.75, 3.05) is 0 Å². The lowest BCUT2D eigenvalue weighted by molar-refractivity contribution is -0.124. The molecule has 6 nitrogen and oxygen atoms in total. The fraction of sp³-hybridized carbons (Fsp3) is 1.00. The predicted molar refractivity (Wildman–Crippen MR) is 78.7 cm³/mol. The van der Waals surface area contributed by atoms with Gasteiger partial charge in [-0.2, -0.15) is 0 Å². The van der Waals surface area contributed by atoms with Crippen LogP contribution in [0.25, 0.3) is 0 Å². The Morgan fingerprint density at radius 1 is 1.41 bits per heavy atom. The highest BCUT2D eigenvalue weighted by Crippen LogP contribution is 2.59. The van der Waals surface area contributed by atoms with E-state index in [2.05, 4.69) is 0 Å². The number of ether oxygens (including phenoxy) is 1. The standard InChI is InChI=1S/C12H24BF2O6P/c1-4-11(3,17)22(18,19)21-12(15,5-2)6-7-9(16)8(14)10(13)20-7/h7-10,16-17H,4-6,13H2,1-3H3,(H,18,19)/t7-,8-,9-,10-,11-,12?/m1/s1. The van der Waals surface area contributed by atoms with E-state index in [1.807, 2.05) is 0 Å². The maximum Gasteiger partial charge on any atom is 0.361 e. The summed E-state index contributed by atoms with van der Waals surface area (Å²) >= 11 is 0. The molecular weight excluding hydrogens is 320 g/mol. The number of aliphatic hydroxyl groups is 2. The van der Waals surface area contributed by atoms with Crippen molar-refractivity contribution in [3.63, 3.8) is 0 Å². The zero-order valence-corrected chi connectivity index (χ0v) is 14.1. The Morgan fingerprint density at radius 2 is 1.95 bits per heavy atom. The van der Waals surface area contributed by atoms with Crippen LogP contribution in [0.5, 0.6) is 0 Å². The molecule has 130 valence electrons. The van der Waals surface area contributed by atoms with Gasteiger partial charge in [0.05, 0.1) is 12.1 Å². The van der Waals surface area contributed by atoms with Crippen LogP contribution in [-0.4, -0.2) is 58.5 Å². The van der Waals surface area contributed by atoms with E-state index in [9.17, 15) is 28.5 Å². The van der Waals surface area contributed by atoms with E-state index < -0.39 is 49.6 Å². The van der Waals surface area contributed by atoms with Crippen LogP contribution >= 0.6 is 7.60 Å². The number of aliphatic hydroxyl groups excluding tert-OH is 1. The third kappa shape index (κ3) is 4.07. The summed E-state index contributed by atoms with van der Waals surface area (Å²) in [7, 11) is -3.29. The first-order valence-electron chi connectivity index (χ1n) is 7.31. The third-order valence-electron chi connectivity index (χ3n) is 4.14. The summed E-state index contributed by atoms with van der Waals surface area (Å²) in [5.41, 5.74) is 0. The Hall–Kier alpha value is -0.0451. The van der Waals surface area contributed by atoms with Gasteiger partial charge in [-0.15, -0.1) is 0 Å². The Bertz CT molecular complexity index is 440. The lowest BCUT2D eigenvalue weighted by Gasteiger charge is -2.34. The number of hydrogen-bond donors (Lipinski definition) is 3. The SMILES string of the molecule is B[C@@H]1O[C@H](CC(F)(CC)OP(=O)(O)[C@@](C)(O)CC)[C@@H](O)[C@H]1F. The lowest BCUT2D eigenvalue weighted by atomic mass is 9.93. The van der Waals surface area contributed by atoms with E-state index in [1.165, 1.54) is 21.7 Å². The minimum absolute atomic E-state index is 0.118. The van der Waals surface area contributed by atoms with Crippen molar-refractivity contribution in [2.45, 2.75) is 75.6 Å². The van der Waals surface area contributed by atoms with Gasteiger partial charge in [0.15, 0.2) is 5.34 Å². The molecule has 0 radical (unpaired) electrons. The molecule has 1 fully saturated rings. The average Bonchev–Trinajstić information content (AvgIpc) is 2.65. The summed E-state index contributed by atoms with van der Waals surface area (Å²) in [6, 6.07) is -0.902. The second kappa shape index (κ2) is 6.83. The number of rotatable bonds is 7. The van der Waals surface area contributed by atoms with Crippen LogP contribution in [0.3, 0.4) is 0 Å². The molecule has 1 saturated heterocycles. The molecular formula is C12H24BF2O6P.